The summed E-state index contributed by atoms with van der Waals surface area (Å²) in [5.41, 5.74) is 5.15. The molecule has 5 rings (SSSR count). The van der Waals surface area contributed by atoms with E-state index in [0.29, 0.717) is 12.5 Å². The van der Waals surface area contributed by atoms with E-state index in [4.69, 9.17) is 9.40 Å². The van der Waals surface area contributed by atoms with Crippen LogP contribution in [-0.2, 0) is 19.5 Å². The maximum absolute atomic E-state index is 13.4. The molecule has 0 aliphatic carbocycles. The van der Waals surface area contributed by atoms with Gasteiger partial charge in [0, 0.05) is 50.0 Å². The molecule has 6 heteroatoms. The van der Waals surface area contributed by atoms with Crippen molar-refractivity contribution in [3.63, 3.8) is 0 Å². The van der Waals surface area contributed by atoms with Crippen LogP contribution in [0.2, 0.25) is 0 Å². The van der Waals surface area contributed by atoms with E-state index in [1.54, 1.807) is 12.1 Å². The molecule has 4 aromatic rings. The number of hydrogen-bond acceptors (Lipinski definition) is 5. The van der Waals surface area contributed by atoms with Gasteiger partial charge in [0.1, 0.15) is 17.3 Å². The van der Waals surface area contributed by atoms with Crippen LogP contribution in [0.1, 0.15) is 29.4 Å². The van der Waals surface area contributed by atoms with Gasteiger partial charge in [-0.3, -0.25) is 4.90 Å². The van der Waals surface area contributed by atoms with Crippen LogP contribution in [0.4, 0.5) is 16.0 Å². The molecule has 33 heavy (non-hydrogen) atoms. The lowest BCUT2D eigenvalue weighted by atomic mass is 10.1. The molecule has 0 N–H and O–H groups in total. The summed E-state index contributed by atoms with van der Waals surface area (Å²) in [7, 11) is 0. The van der Waals surface area contributed by atoms with Crippen LogP contribution in [0.25, 0.3) is 11.5 Å². The van der Waals surface area contributed by atoms with Gasteiger partial charge in [0.25, 0.3) is 0 Å². The van der Waals surface area contributed by atoms with Crippen molar-refractivity contribution in [2.75, 3.05) is 18.0 Å². The van der Waals surface area contributed by atoms with Crippen LogP contribution in [0.15, 0.2) is 71.3 Å². The number of anilines is 2. The molecule has 0 saturated heterocycles. The summed E-state index contributed by atoms with van der Waals surface area (Å²) in [6.45, 7) is 7.45. The van der Waals surface area contributed by atoms with Gasteiger partial charge >= 0.3 is 0 Å². The Balaban J connectivity index is 1.41. The van der Waals surface area contributed by atoms with Gasteiger partial charge in [-0.05, 0) is 55.3 Å². The van der Waals surface area contributed by atoms with Crippen molar-refractivity contribution in [2.24, 2.45) is 0 Å². The molecule has 0 unspecified atom stereocenters. The van der Waals surface area contributed by atoms with Crippen LogP contribution in [0, 0.1) is 12.7 Å². The first-order valence-electron chi connectivity index (χ1n) is 11.4. The van der Waals surface area contributed by atoms with Crippen molar-refractivity contribution in [1.82, 2.24) is 14.9 Å². The second kappa shape index (κ2) is 9.16. The monoisotopic (exact) mass is 442 g/mol. The van der Waals surface area contributed by atoms with Crippen molar-refractivity contribution in [3.05, 3.63) is 95.1 Å². The standard InChI is InChI=1S/C27H27FN4O/c1-3-32(23-11-9-22(28)10-12-23)27-29-16-19(2)26(30-27)25-15-21-18-31(14-13-24(21)33-25)17-20-7-5-4-6-8-20/h4-12,15-16H,3,13-14,17-18H2,1-2H3. The summed E-state index contributed by atoms with van der Waals surface area (Å²) in [6, 6.07) is 19.1. The molecule has 0 bridgehead atoms. The molecule has 0 atom stereocenters. The number of fused-ring (bicyclic) bond motifs is 1. The zero-order valence-corrected chi connectivity index (χ0v) is 19.0. The molecule has 0 radical (unpaired) electrons. The van der Waals surface area contributed by atoms with Crippen molar-refractivity contribution in [3.8, 4) is 11.5 Å². The molecular weight excluding hydrogens is 415 g/mol. The Hall–Kier alpha value is -3.51. The van der Waals surface area contributed by atoms with Crippen LogP contribution in [0.3, 0.4) is 0 Å². The molecule has 3 heterocycles. The van der Waals surface area contributed by atoms with Crippen molar-refractivity contribution in [2.45, 2.75) is 33.4 Å². The Morgan fingerprint density at radius 3 is 2.64 bits per heavy atom. The predicted molar refractivity (Wildman–Crippen MR) is 128 cm³/mol. The quantitative estimate of drug-likeness (QED) is 0.372. The maximum atomic E-state index is 13.4. The highest BCUT2D eigenvalue weighted by molar-refractivity contribution is 5.63. The third kappa shape index (κ3) is 4.52. The number of rotatable bonds is 6. The molecule has 0 saturated carbocycles. The lowest BCUT2D eigenvalue weighted by Gasteiger charge is -2.25. The molecule has 0 spiro atoms. The highest BCUT2D eigenvalue weighted by Gasteiger charge is 2.23. The molecule has 0 fully saturated rings. The van der Waals surface area contributed by atoms with Gasteiger partial charge in [-0.15, -0.1) is 0 Å². The highest BCUT2D eigenvalue weighted by atomic mass is 19.1. The van der Waals surface area contributed by atoms with Crippen molar-refractivity contribution >= 4 is 11.6 Å². The summed E-state index contributed by atoms with van der Waals surface area (Å²) in [4.78, 5) is 13.8. The zero-order chi connectivity index (χ0) is 22.8. The lowest BCUT2D eigenvalue weighted by Crippen LogP contribution is -2.29. The number of halogens is 1. The van der Waals surface area contributed by atoms with Gasteiger partial charge in [0.05, 0.1) is 0 Å². The molecule has 168 valence electrons. The Bertz CT molecular complexity index is 1240. The Morgan fingerprint density at radius 1 is 1.09 bits per heavy atom. The van der Waals surface area contributed by atoms with E-state index in [1.807, 2.05) is 31.0 Å². The van der Waals surface area contributed by atoms with Crippen LogP contribution in [-0.4, -0.2) is 28.0 Å². The minimum atomic E-state index is -0.261. The number of benzene rings is 2. The van der Waals surface area contributed by atoms with Gasteiger partial charge in [0.15, 0.2) is 5.76 Å². The second-order valence-electron chi connectivity index (χ2n) is 8.43. The first kappa shape index (κ1) is 21.3. The number of hydrogen-bond donors (Lipinski definition) is 0. The van der Waals surface area contributed by atoms with E-state index in [9.17, 15) is 4.39 Å². The van der Waals surface area contributed by atoms with E-state index in [1.165, 1.54) is 23.3 Å². The average Bonchev–Trinajstić information content (AvgIpc) is 3.25. The molecular formula is C27H27FN4O. The summed E-state index contributed by atoms with van der Waals surface area (Å²) in [5, 5.41) is 0. The third-order valence-electron chi connectivity index (χ3n) is 6.08. The molecule has 1 aliphatic heterocycles. The van der Waals surface area contributed by atoms with E-state index >= 15 is 0 Å². The first-order chi connectivity index (χ1) is 16.1. The van der Waals surface area contributed by atoms with Crippen LogP contribution in [0.5, 0.6) is 0 Å². The fourth-order valence-corrected chi connectivity index (χ4v) is 4.36. The van der Waals surface area contributed by atoms with Crippen molar-refractivity contribution < 1.29 is 8.81 Å². The molecule has 2 aromatic heterocycles. The number of aromatic nitrogens is 2. The van der Waals surface area contributed by atoms with E-state index in [0.717, 1.165) is 54.5 Å². The minimum absolute atomic E-state index is 0.261. The molecule has 2 aromatic carbocycles. The van der Waals surface area contributed by atoms with Gasteiger partial charge in [0.2, 0.25) is 5.95 Å². The SMILES string of the molecule is CCN(c1ccc(F)cc1)c1ncc(C)c(-c2cc3c(o2)CCN(Cc2ccccc2)C3)n1. The Morgan fingerprint density at radius 2 is 1.88 bits per heavy atom. The summed E-state index contributed by atoms with van der Waals surface area (Å²) < 4.78 is 19.7. The molecule has 1 aliphatic rings. The Labute approximate surface area is 193 Å². The van der Waals surface area contributed by atoms with E-state index in [-0.39, 0.29) is 5.82 Å². The topological polar surface area (TPSA) is 45.4 Å². The Kier molecular flexibility index (Phi) is 5.92. The largest absolute Gasteiger partial charge is 0.459 e. The summed E-state index contributed by atoms with van der Waals surface area (Å²) in [5.74, 6) is 2.13. The zero-order valence-electron chi connectivity index (χ0n) is 19.0. The average molecular weight is 443 g/mol. The number of furan rings is 1. The molecule has 0 amide bonds. The van der Waals surface area contributed by atoms with Crippen LogP contribution < -0.4 is 4.90 Å². The van der Waals surface area contributed by atoms with Gasteiger partial charge in [-0.25, -0.2) is 14.4 Å². The van der Waals surface area contributed by atoms with Crippen molar-refractivity contribution in [1.29, 1.82) is 0 Å². The summed E-state index contributed by atoms with van der Waals surface area (Å²) in [6.07, 6.45) is 2.71. The smallest absolute Gasteiger partial charge is 0.230 e. The fourth-order valence-electron chi connectivity index (χ4n) is 4.36. The maximum Gasteiger partial charge on any atom is 0.230 e. The predicted octanol–water partition coefficient (Wildman–Crippen LogP) is 5.90. The fraction of sp³-hybridized carbons (Fsp3) is 0.259. The van der Waals surface area contributed by atoms with E-state index in [2.05, 4.69) is 40.2 Å². The summed E-state index contributed by atoms with van der Waals surface area (Å²) >= 11 is 0. The van der Waals surface area contributed by atoms with E-state index < -0.39 is 0 Å². The third-order valence-corrected chi connectivity index (χ3v) is 6.08. The first-order valence-corrected chi connectivity index (χ1v) is 11.4. The normalized spacial score (nSPS) is 13.7. The lowest BCUT2D eigenvalue weighted by molar-refractivity contribution is 0.234. The van der Waals surface area contributed by atoms with Gasteiger partial charge < -0.3 is 9.32 Å². The highest BCUT2D eigenvalue weighted by Crippen LogP contribution is 2.32. The number of nitrogens with zero attached hydrogens (tertiary/aromatic N) is 4. The minimum Gasteiger partial charge on any atom is -0.459 e. The molecule has 5 nitrogen and oxygen atoms in total. The van der Waals surface area contributed by atoms with Gasteiger partial charge in [-0.1, -0.05) is 30.3 Å². The van der Waals surface area contributed by atoms with Crippen LogP contribution >= 0.6 is 0 Å². The van der Waals surface area contributed by atoms with Gasteiger partial charge in [-0.2, -0.15) is 0 Å². The number of aryl methyl sites for hydroxylation is 1. The second-order valence-corrected chi connectivity index (χ2v) is 8.43.